The zero-order chi connectivity index (χ0) is 19.6. The molecule has 0 bridgehead atoms. The van der Waals surface area contributed by atoms with Crippen molar-refractivity contribution in [2.24, 2.45) is 0 Å². The molecular weight excluding hydrogens is 368 g/mol. The Kier molecular flexibility index (Phi) is 5.28. The monoisotopic (exact) mass is 384 g/mol. The number of aryl methyl sites for hydroxylation is 2. The third kappa shape index (κ3) is 3.85. The molecule has 0 spiro atoms. The number of carbonyl (C=O) groups is 1. The second-order valence-corrected chi connectivity index (χ2v) is 6.41. The zero-order valence-electron chi connectivity index (χ0n) is 14.8. The number of hydrogen-bond acceptors (Lipinski definition) is 4. The van der Waals surface area contributed by atoms with E-state index in [1.807, 2.05) is 32.0 Å². The van der Waals surface area contributed by atoms with Crippen LogP contribution in [0.2, 0.25) is 5.02 Å². The third-order valence-electron chi connectivity index (χ3n) is 4.24. The lowest BCUT2D eigenvalue weighted by atomic mass is 10.1. The van der Waals surface area contributed by atoms with E-state index in [4.69, 9.17) is 16.0 Å². The predicted octanol–water partition coefficient (Wildman–Crippen LogP) is 5.63. The Morgan fingerprint density at radius 3 is 2.67 bits per heavy atom. The van der Waals surface area contributed by atoms with Crippen LogP contribution in [0.1, 0.15) is 28.6 Å². The number of nitro benzene ring substituents is 1. The molecule has 27 heavy (non-hydrogen) atoms. The normalized spacial score (nSPS) is 10.6. The number of nitrogens with zero attached hydrogens (tertiary/aromatic N) is 1. The molecule has 1 aromatic heterocycles. The molecule has 0 radical (unpaired) electrons. The SMILES string of the molecule is CCc1cccc(C)c1NC(=O)c1ccc(-c2ccc([N+](=O)[O-])cc2Cl)o1. The fourth-order valence-corrected chi connectivity index (χ4v) is 3.07. The quantitative estimate of drug-likeness (QED) is 0.456. The first-order valence-electron chi connectivity index (χ1n) is 8.34. The van der Waals surface area contributed by atoms with E-state index in [9.17, 15) is 14.9 Å². The van der Waals surface area contributed by atoms with Crippen LogP contribution in [0, 0.1) is 17.0 Å². The molecule has 1 N–H and O–H groups in total. The van der Waals surface area contributed by atoms with Crippen molar-refractivity contribution in [3.8, 4) is 11.3 Å². The Morgan fingerprint density at radius 2 is 2.00 bits per heavy atom. The highest BCUT2D eigenvalue weighted by molar-refractivity contribution is 6.33. The van der Waals surface area contributed by atoms with Gasteiger partial charge in [-0.25, -0.2) is 0 Å². The third-order valence-corrected chi connectivity index (χ3v) is 4.55. The van der Waals surface area contributed by atoms with E-state index in [0.29, 0.717) is 11.3 Å². The summed E-state index contributed by atoms with van der Waals surface area (Å²) in [6.07, 6.45) is 0.791. The second-order valence-electron chi connectivity index (χ2n) is 6.00. The Hall–Kier alpha value is -3.12. The molecule has 3 aromatic rings. The van der Waals surface area contributed by atoms with Gasteiger partial charge in [0.05, 0.1) is 9.95 Å². The van der Waals surface area contributed by atoms with E-state index in [1.165, 1.54) is 18.2 Å². The summed E-state index contributed by atoms with van der Waals surface area (Å²) in [7, 11) is 0. The van der Waals surface area contributed by atoms with Gasteiger partial charge in [0.2, 0.25) is 0 Å². The van der Waals surface area contributed by atoms with Gasteiger partial charge < -0.3 is 9.73 Å². The van der Waals surface area contributed by atoms with E-state index in [1.54, 1.807) is 12.1 Å². The summed E-state index contributed by atoms with van der Waals surface area (Å²) < 4.78 is 5.63. The van der Waals surface area contributed by atoms with E-state index in [0.717, 1.165) is 23.2 Å². The molecular formula is C20H17ClN2O4. The Bertz CT molecular complexity index is 1030. The number of furan rings is 1. The molecule has 0 saturated heterocycles. The molecule has 7 heteroatoms. The topological polar surface area (TPSA) is 85.4 Å². The lowest BCUT2D eigenvalue weighted by Gasteiger charge is -2.12. The highest BCUT2D eigenvalue weighted by atomic mass is 35.5. The Balaban J connectivity index is 1.86. The van der Waals surface area contributed by atoms with Gasteiger partial charge in [-0.1, -0.05) is 36.7 Å². The Labute approximate surface area is 160 Å². The molecule has 6 nitrogen and oxygen atoms in total. The van der Waals surface area contributed by atoms with E-state index >= 15 is 0 Å². The number of para-hydroxylation sites is 1. The minimum Gasteiger partial charge on any atom is -0.451 e. The lowest BCUT2D eigenvalue weighted by Crippen LogP contribution is -2.13. The molecule has 0 atom stereocenters. The predicted molar refractivity (Wildman–Crippen MR) is 104 cm³/mol. The molecule has 0 fully saturated rings. The Morgan fingerprint density at radius 1 is 1.22 bits per heavy atom. The molecule has 0 aliphatic heterocycles. The summed E-state index contributed by atoms with van der Waals surface area (Å²) >= 11 is 6.12. The van der Waals surface area contributed by atoms with Gasteiger partial charge in [0.15, 0.2) is 5.76 Å². The first-order valence-corrected chi connectivity index (χ1v) is 8.72. The molecule has 0 saturated carbocycles. The van der Waals surface area contributed by atoms with Crippen LogP contribution < -0.4 is 5.32 Å². The number of amides is 1. The molecule has 0 aliphatic carbocycles. The first kappa shape index (κ1) is 18.7. The molecule has 1 heterocycles. The summed E-state index contributed by atoms with van der Waals surface area (Å²) in [6.45, 7) is 3.95. The number of rotatable bonds is 5. The molecule has 1 amide bonds. The zero-order valence-corrected chi connectivity index (χ0v) is 15.5. The van der Waals surface area contributed by atoms with E-state index in [2.05, 4.69) is 5.32 Å². The van der Waals surface area contributed by atoms with Gasteiger partial charge in [-0.3, -0.25) is 14.9 Å². The average molecular weight is 385 g/mol. The summed E-state index contributed by atoms with van der Waals surface area (Å²) in [6, 6.07) is 13.1. The number of benzene rings is 2. The van der Waals surface area contributed by atoms with Crippen molar-refractivity contribution in [3.63, 3.8) is 0 Å². The minimum absolute atomic E-state index is 0.111. The maximum absolute atomic E-state index is 12.6. The van der Waals surface area contributed by atoms with Gasteiger partial charge >= 0.3 is 0 Å². The van der Waals surface area contributed by atoms with Gasteiger partial charge in [-0.2, -0.15) is 0 Å². The maximum Gasteiger partial charge on any atom is 0.291 e. The average Bonchev–Trinajstić information content (AvgIpc) is 3.13. The number of carbonyl (C=O) groups excluding carboxylic acids is 1. The van der Waals surface area contributed by atoms with Crippen molar-refractivity contribution in [3.05, 3.63) is 80.6 Å². The lowest BCUT2D eigenvalue weighted by molar-refractivity contribution is -0.384. The van der Waals surface area contributed by atoms with Crippen molar-refractivity contribution < 1.29 is 14.1 Å². The van der Waals surface area contributed by atoms with Crippen LogP contribution >= 0.6 is 11.6 Å². The second kappa shape index (κ2) is 7.63. The van der Waals surface area contributed by atoms with Crippen LogP contribution in [-0.4, -0.2) is 10.8 Å². The number of nitrogens with one attached hydrogen (secondary N) is 1. The standard InChI is InChI=1S/C20H17ClN2O4/c1-3-13-6-4-5-12(2)19(13)22-20(24)18-10-9-17(27-18)15-8-7-14(23(25)26)11-16(15)21/h4-11H,3H2,1-2H3,(H,22,24). The van der Waals surface area contributed by atoms with Crippen LogP contribution in [0.15, 0.2) is 52.9 Å². The van der Waals surface area contributed by atoms with Crippen molar-refractivity contribution in [1.29, 1.82) is 0 Å². The smallest absolute Gasteiger partial charge is 0.291 e. The van der Waals surface area contributed by atoms with Crippen molar-refractivity contribution >= 4 is 28.9 Å². The number of hydrogen-bond donors (Lipinski definition) is 1. The number of non-ortho nitro benzene ring substituents is 1. The fraction of sp³-hybridized carbons (Fsp3) is 0.150. The van der Waals surface area contributed by atoms with Gasteiger partial charge in [0.25, 0.3) is 11.6 Å². The number of halogens is 1. The van der Waals surface area contributed by atoms with Gasteiger partial charge in [0.1, 0.15) is 5.76 Å². The van der Waals surface area contributed by atoms with Crippen molar-refractivity contribution in [1.82, 2.24) is 0 Å². The van der Waals surface area contributed by atoms with Crippen LogP contribution in [0.25, 0.3) is 11.3 Å². The summed E-state index contributed by atoms with van der Waals surface area (Å²) in [5.74, 6) is 0.119. The van der Waals surface area contributed by atoms with Crippen LogP contribution in [0.3, 0.4) is 0 Å². The van der Waals surface area contributed by atoms with E-state index < -0.39 is 4.92 Å². The molecule has 0 aliphatic rings. The van der Waals surface area contributed by atoms with Gasteiger partial charge in [-0.15, -0.1) is 0 Å². The molecule has 2 aromatic carbocycles. The van der Waals surface area contributed by atoms with Gasteiger partial charge in [-0.05, 0) is 42.7 Å². The van der Waals surface area contributed by atoms with Crippen LogP contribution in [0.5, 0.6) is 0 Å². The molecule has 3 rings (SSSR count). The summed E-state index contributed by atoms with van der Waals surface area (Å²) in [4.78, 5) is 22.9. The minimum atomic E-state index is -0.524. The van der Waals surface area contributed by atoms with Gasteiger partial charge in [0, 0.05) is 23.4 Å². The van der Waals surface area contributed by atoms with Crippen LogP contribution in [0.4, 0.5) is 11.4 Å². The highest BCUT2D eigenvalue weighted by Crippen LogP contribution is 2.32. The fourth-order valence-electron chi connectivity index (χ4n) is 2.80. The highest BCUT2D eigenvalue weighted by Gasteiger charge is 2.17. The largest absolute Gasteiger partial charge is 0.451 e. The number of anilines is 1. The molecule has 0 unspecified atom stereocenters. The van der Waals surface area contributed by atoms with Crippen LogP contribution in [-0.2, 0) is 6.42 Å². The summed E-state index contributed by atoms with van der Waals surface area (Å²) in [5, 5.41) is 13.9. The molecule has 138 valence electrons. The summed E-state index contributed by atoms with van der Waals surface area (Å²) in [5.41, 5.74) is 3.14. The first-order chi connectivity index (χ1) is 12.9. The number of nitro groups is 1. The van der Waals surface area contributed by atoms with E-state index in [-0.39, 0.29) is 22.4 Å². The van der Waals surface area contributed by atoms with Crippen molar-refractivity contribution in [2.45, 2.75) is 20.3 Å². The maximum atomic E-state index is 12.6. The van der Waals surface area contributed by atoms with Crippen molar-refractivity contribution in [2.75, 3.05) is 5.32 Å².